The Morgan fingerprint density at radius 1 is 1.11 bits per heavy atom. The zero-order chi connectivity index (χ0) is 19.6. The van der Waals surface area contributed by atoms with Crippen molar-refractivity contribution in [3.8, 4) is 17.0 Å². The van der Waals surface area contributed by atoms with Gasteiger partial charge in [-0.3, -0.25) is 4.57 Å². The van der Waals surface area contributed by atoms with Crippen molar-refractivity contribution in [2.75, 3.05) is 26.5 Å². The Morgan fingerprint density at radius 2 is 1.81 bits per heavy atom. The summed E-state index contributed by atoms with van der Waals surface area (Å²) in [6, 6.07) is 12.7. The lowest BCUT2D eigenvalue weighted by atomic mass is 10.1. The summed E-state index contributed by atoms with van der Waals surface area (Å²) in [6.45, 7) is 0. The summed E-state index contributed by atoms with van der Waals surface area (Å²) in [6.07, 6.45) is 1.52. The number of anilines is 1. The van der Waals surface area contributed by atoms with Gasteiger partial charge in [0.25, 0.3) is 0 Å². The van der Waals surface area contributed by atoms with Gasteiger partial charge in [0.15, 0.2) is 0 Å². The largest absolute Gasteiger partial charge is 0.414 e. The molecule has 0 atom stereocenters. The lowest BCUT2D eigenvalue weighted by molar-refractivity contribution is -0.494. The topological polar surface area (TPSA) is 79.7 Å². The van der Waals surface area contributed by atoms with Crippen molar-refractivity contribution in [2.24, 2.45) is 7.05 Å². The summed E-state index contributed by atoms with van der Waals surface area (Å²) in [5.41, 5.74) is 2.82. The molecule has 0 aliphatic heterocycles. The predicted octanol–water partition coefficient (Wildman–Crippen LogP) is 2.24. The quantitative estimate of drug-likeness (QED) is 0.696. The molecule has 0 radical (unpaired) electrons. The number of carbonyl (C=O) groups is 2. The normalized spacial score (nSPS) is 10.5. The van der Waals surface area contributed by atoms with Crippen molar-refractivity contribution in [2.45, 2.75) is 0 Å². The molecule has 8 heteroatoms. The standard InChI is InChI=1S/C19H21N5O3/c1-20-18(25)21-16-6-5-7-17-23(4)15(12-24(16)17)13-8-10-14(11-9-13)27-19(26)22(2)3/h5-12H,1-4H3,(H,20,25)/p+1. The van der Waals surface area contributed by atoms with Crippen LogP contribution in [-0.4, -0.2) is 42.7 Å². The summed E-state index contributed by atoms with van der Waals surface area (Å²) in [4.78, 5) is 24.7. The van der Waals surface area contributed by atoms with Crippen LogP contribution in [0.5, 0.6) is 5.75 Å². The Balaban J connectivity index is 1.95. The maximum atomic E-state index is 11.7. The van der Waals surface area contributed by atoms with Gasteiger partial charge in [0.2, 0.25) is 11.5 Å². The Kier molecular flexibility index (Phi) is 4.98. The average molecular weight is 368 g/mol. The molecule has 3 rings (SSSR count). The third-order valence-corrected chi connectivity index (χ3v) is 4.15. The Hall–Kier alpha value is -3.55. The zero-order valence-electron chi connectivity index (χ0n) is 15.7. The minimum absolute atomic E-state index is 0.285. The highest BCUT2D eigenvalue weighted by Gasteiger charge is 2.18. The van der Waals surface area contributed by atoms with Gasteiger partial charge in [0.05, 0.1) is 7.05 Å². The van der Waals surface area contributed by atoms with Crippen LogP contribution in [0.4, 0.5) is 15.4 Å². The van der Waals surface area contributed by atoms with Gasteiger partial charge in [-0.1, -0.05) is 0 Å². The van der Waals surface area contributed by atoms with Crippen molar-refractivity contribution in [3.05, 3.63) is 48.7 Å². The molecule has 0 aliphatic carbocycles. The van der Waals surface area contributed by atoms with E-state index in [1.54, 1.807) is 33.3 Å². The van der Waals surface area contributed by atoms with E-state index in [1.165, 1.54) is 4.90 Å². The molecule has 3 amide bonds. The number of benzene rings is 1. The number of rotatable bonds is 3. The summed E-state index contributed by atoms with van der Waals surface area (Å²) >= 11 is 0. The number of aryl methyl sites for hydroxylation is 1. The molecule has 3 aromatic rings. The molecule has 0 saturated carbocycles. The molecule has 8 nitrogen and oxygen atoms in total. The van der Waals surface area contributed by atoms with Crippen LogP contribution in [0, 0.1) is 0 Å². The fraction of sp³-hybridized carbons (Fsp3) is 0.211. The van der Waals surface area contributed by atoms with E-state index >= 15 is 0 Å². The number of amides is 3. The second-order valence-corrected chi connectivity index (χ2v) is 6.20. The van der Waals surface area contributed by atoms with Crippen LogP contribution >= 0.6 is 0 Å². The first kappa shape index (κ1) is 18.2. The van der Waals surface area contributed by atoms with E-state index < -0.39 is 6.09 Å². The first-order chi connectivity index (χ1) is 12.9. The number of imidazole rings is 1. The number of nitrogens with zero attached hydrogens (tertiary/aromatic N) is 3. The summed E-state index contributed by atoms with van der Waals surface area (Å²) in [5.74, 6) is 1.14. The van der Waals surface area contributed by atoms with Gasteiger partial charge in [0.1, 0.15) is 17.6 Å². The monoisotopic (exact) mass is 368 g/mol. The summed E-state index contributed by atoms with van der Waals surface area (Å²) < 4.78 is 9.18. The van der Waals surface area contributed by atoms with E-state index in [9.17, 15) is 9.59 Å². The molecule has 0 bridgehead atoms. The van der Waals surface area contributed by atoms with E-state index in [0.717, 1.165) is 16.9 Å². The van der Waals surface area contributed by atoms with Gasteiger partial charge < -0.3 is 15.0 Å². The lowest BCUT2D eigenvalue weighted by Crippen LogP contribution is -2.32. The van der Waals surface area contributed by atoms with Gasteiger partial charge >= 0.3 is 12.1 Å². The first-order valence-corrected chi connectivity index (χ1v) is 8.39. The molecular formula is C19H22N5O3+. The molecule has 0 saturated heterocycles. The number of nitrogens with one attached hydrogen (secondary N) is 2. The second kappa shape index (κ2) is 7.36. The number of ether oxygens (including phenoxy) is 1. The molecule has 0 spiro atoms. The minimum atomic E-state index is -0.423. The number of fused-ring (bicyclic) bond motifs is 1. The highest BCUT2D eigenvalue weighted by molar-refractivity contribution is 5.87. The van der Waals surface area contributed by atoms with Gasteiger partial charge in [-0.15, -0.1) is 0 Å². The molecule has 0 unspecified atom stereocenters. The van der Waals surface area contributed by atoms with Crippen LogP contribution in [0.1, 0.15) is 0 Å². The second-order valence-electron chi connectivity index (χ2n) is 6.20. The van der Waals surface area contributed by atoms with E-state index in [2.05, 4.69) is 10.6 Å². The third kappa shape index (κ3) is 3.69. The van der Waals surface area contributed by atoms with E-state index in [1.807, 2.05) is 52.5 Å². The van der Waals surface area contributed by atoms with Crippen LogP contribution in [-0.2, 0) is 7.05 Å². The zero-order valence-corrected chi connectivity index (χ0v) is 15.7. The van der Waals surface area contributed by atoms with Crippen molar-refractivity contribution in [3.63, 3.8) is 0 Å². The Bertz CT molecular complexity index is 992. The summed E-state index contributed by atoms with van der Waals surface area (Å²) in [7, 11) is 6.79. The molecule has 2 heterocycles. The molecule has 140 valence electrons. The van der Waals surface area contributed by atoms with Crippen molar-refractivity contribution in [1.82, 2.24) is 14.8 Å². The van der Waals surface area contributed by atoms with Crippen molar-refractivity contribution >= 4 is 23.6 Å². The Labute approximate surface area is 157 Å². The maximum absolute atomic E-state index is 11.7. The van der Waals surface area contributed by atoms with Gasteiger partial charge in [-0.2, -0.15) is 0 Å². The predicted molar refractivity (Wildman–Crippen MR) is 102 cm³/mol. The van der Waals surface area contributed by atoms with Gasteiger partial charge in [0, 0.05) is 38.8 Å². The smallest absolute Gasteiger partial charge is 0.410 e. The number of urea groups is 1. The number of hydrogen-bond acceptors (Lipinski definition) is 3. The number of carbonyl (C=O) groups excluding carboxylic acids is 2. The van der Waals surface area contributed by atoms with E-state index in [4.69, 9.17) is 4.74 Å². The van der Waals surface area contributed by atoms with Crippen LogP contribution in [0.2, 0.25) is 0 Å². The van der Waals surface area contributed by atoms with Crippen LogP contribution in [0.25, 0.3) is 16.9 Å². The first-order valence-electron chi connectivity index (χ1n) is 8.39. The van der Waals surface area contributed by atoms with Gasteiger partial charge in [-0.05, 0) is 30.3 Å². The lowest BCUT2D eigenvalue weighted by Gasteiger charge is -2.10. The SMILES string of the molecule is CNC(=O)Nc1cccc2n(C)c(-c3ccc(OC(=O)N(C)C)cc3)c[n+]12. The van der Waals surface area contributed by atoms with Crippen molar-refractivity contribution in [1.29, 1.82) is 0 Å². The Morgan fingerprint density at radius 3 is 2.44 bits per heavy atom. The maximum Gasteiger partial charge on any atom is 0.414 e. The molecule has 27 heavy (non-hydrogen) atoms. The van der Waals surface area contributed by atoms with Gasteiger partial charge in [-0.25, -0.2) is 19.3 Å². The van der Waals surface area contributed by atoms with Crippen LogP contribution < -0.4 is 19.8 Å². The van der Waals surface area contributed by atoms with Crippen LogP contribution in [0.3, 0.4) is 0 Å². The van der Waals surface area contributed by atoms with Crippen molar-refractivity contribution < 1.29 is 18.7 Å². The summed E-state index contributed by atoms with van der Waals surface area (Å²) in [5, 5.41) is 5.35. The minimum Gasteiger partial charge on any atom is -0.410 e. The molecular weight excluding hydrogens is 346 g/mol. The van der Waals surface area contributed by atoms with E-state index in [-0.39, 0.29) is 6.03 Å². The van der Waals surface area contributed by atoms with Crippen LogP contribution in [0.15, 0.2) is 48.7 Å². The fourth-order valence-electron chi connectivity index (χ4n) is 2.69. The molecule has 0 fully saturated rings. The molecule has 2 N–H and O–H groups in total. The molecule has 1 aromatic carbocycles. The molecule has 2 aromatic heterocycles. The van der Waals surface area contributed by atoms with E-state index in [0.29, 0.717) is 11.6 Å². The fourth-order valence-corrected chi connectivity index (χ4v) is 2.69. The third-order valence-electron chi connectivity index (χ3n) is 4.15. The average Bonchev–Trinajstić information content (AvgIpc) is 3.00. The number of hydrogen-bond donors (Lipinski definition) is 2. The number of pyridine rings is 1. The highest BCUT2D eigenvalue weighted by Crippen LogP contribution is 2.23. The number of aromatic nitrogens is 2. The molecule has 0 aliphatic rings. The highest BCUT2D eigenvalue weighted by atomic mass is 16.6.